The summed E-state index contributed by atoms with van der Waals surface area (Å²) < 4.78 is 5.12. The van der Waals surface area contributed by atoms with Gasteiger partial charge in [0.15, 0.2) is 0 Å². The topological polar surface area (TPSA) is 59.9 Å². The molecule has 1 N–H and O–H groups in total. The number of nitrogens with one attached hydrogen (secondary N) is 1. The van der Waals surface area contributed by atoms with Crippen LogP contribution in [0.25, 0.3) is 0 Å². The predicted molar refractivity (Wildman–Crippen MR) is 72.2 cm³/mol. The minimum absolute atomic E-state index is 0.114. The molecular formula is C12H16N4OS. The van der Waals surface area contributed by atoms with E-state index < -0.39 is 0 Å². The molecule has 2 heterocycles. The van der Waals surface area contributed by atoms with Crippen LogP contribution in [0.3, 0.4) is 0 Å². The Hall–Kier alpha value is -1.69. The van der Waals surface area contributed by atoms with Gasteiger partial charge in [-0.1, -0.05) is 0 Å². The molecule has 0 spiro atoms. The molecule has 6 heteroatoms. The Bertz CT molecular complexity index is 541. The first-order chi connectivity index (χ1) is 8.58. The highest BCUT2D eigenvalue weighted by molar-refractivity contribution is 7.11. The normalized spacial score (nSPS) is 12.2. The first-order valence-electron chi connectivity index (χ1n) is 5.67. The van der Waals surface area contributed by atoms with E-state index in [1.165, 1.54) is 4.88 Å². The molecule has 1 atom stereocenters. The quantitative estimate of drug-likeness (QED) is 0.920. The Morgan fingerprint density at radius 3 is 2.72 bits per heavy atom. The van der Waals surface area contributed by atoms with Gasteiger partial charge in [0.25, 0.3) is 0 Å². The second kappa shape index (κ2) is 5.30. The zero-order chi connectivity index (χ0) is 13.1. The lowest BCUT2D eigenvalue weighted by Crippen LogP contribution is -2.08. The van der Waals surface area contributed by atoms with Crippen molar-refractivity contribution in [3.63, 3.8) is 0 Å². The molecule has 0 fully saturated rings. The molecule has 0 saturated heterocycles. The molecule has 0 aliphatic rings. The second-order valence-corrected chi connectivity index (χ2v) is 5.28. The molecule has 0 bridgehead atoms. The van der Waals surface area contributed by atoms with Crippen LogP contribution in [0, 0.1) is 13.8 Å². The van der Waals surface area contributed by atoms with Crippen LogP contribution in [0.5, 0.6) is 5.88 Å². The highest BCUT2D eigenvalue weighted by Gasteiger charge is 2.11. The number of methoxy groups -OCH3 is 1. The van der Waals surface area contributed by atoms with Crippen LogP contribution in [0.15, 0.2) is 12.3 Å². The molecule has 0 aliphatic heterocycles. The summed E-state index contributed by atoms with van der Waals surface area (Å²) in [6.45, 7) is 5.94. The maximum absolute atomic E-state index is 5.12. The summed E-state index contributed by atoms with van der Waals surface area (Å²) in [6.07, 6.45) is 1.88. The Morgan fingerprint density at radius 1 is 1.33 bits per heavy atom. The molecular weight excluding hydrogens is 248 g/mol. The van der Waals surface area contributed by atoms with Crippen LogP contribution >= 0.6 is 11.3 Å². The smallest absolute Gasteiger partial charge is 0.218 e. The molecule has 0 saturated carbocycles. The van der Waals surface area contributed by atoms with Crippen LogP contribution in [0.2, 0.25) is 0 Å². The minimum Gasteiger partial charge on any atom is -0.481 e. The van der Waals surface area contributed by atoms with E-state index in [-0.39, 0.29) is 6.04 Å². The highest BCUT2D eigenvalue weighted by Crippen LogP contribution is 2.23. The van der Waals surface area contributed by atoms with Crippen LogP contribution in [0.1, 0.15) is 28.7 Å². The van der Waals surface area contributed by atoms with Crippen molar-refractivity contribution in [2.45, 2.75) is 26.8 Å². The lowest BCUT2D eigenvalue weighted by molar-refractivity contribution is 0.396. The second-order valence-electron chi connectivity index (χ2n) is 4.02. The first kappa shape index (κ1) is 12.8. The number of nitrogens with zero attached hydrogens (tertiary/aromatic N) is 3. The summed E-state index contributed by atoms with van der Waals surface area (Å²) in [7, 11) is 1.60. The number of hydrogen-bond donors (Lipinski definition) is 1. The lowest BCUT2D eigenvalue weighted by atomic mass is 10.3. The summed E-state index contributed by atoms with van der Waals surface area (Å²) >= 11 is 1.68. The molecule has 2 aromatic heterocycles. The van der Waals surface area contributed by atoms with Crippen LogP contribution in [-0.2, 0) is 0 Å². The number of rotatable bonds is 4. The van der Waals surface area contributed by atoms with Crippen molar-refractivity contribution < 1.29 is 4.74 Å². The molecule has 0 radical (unpaired) electrons. The number of ether oxygens (including phenoxy) is 1. The van der Waals surface area contributed by atoms with Gasteiger partial charge in [-0.2, -0.15) is 4.98 Å². The maximum atomic E-state index is 5.12. The molecule has 1 unspecified atom stereocenters. The Labute approximate surface area is 110 Å². The van der Waals surface area contributed by atoms with E-state index in [1.807, 2.05) is 20.0 Å². The lowest BCUT2D eigenvalue weighted by Gasteiger charge is -2.12. The number of anilines is 1. The molecule has 5 nitrogen and oxygen atoms in total. The van der Waals surface area contributed by atoms with E-state index >= 15 is 0 Å². The molecule has 0 aliphatic carbocycles. The largest absolute Gasteiger partial charge is 0.481 e. The SMILES string of the molecule is COc1cc(NC(C)c2ncc(C)s2)nc(C)n1. The molecule has 2 aromatic rings. The summed E-state index contributed by atoms with van der Waals surface area (Å²) in [4.78, 5) is 14.0. The number of thiazole rings is 1. The van der Waals surface area contributed by atoms with Gasteiger partial charge < -0.3 is 10.1 Å². The van der Waals surface area contributed by atoms with E-state index in [1.54, 1.807) is 24.5 Å². The van der Waals surface area contributed by atoms with Gasteiger partial charge >= 0.3 is 0 Å². The van der Waals surface area contributed by atoms with Crippen molar-refractivity contribution in [3.8, 4) is 5.88 Å². The molecule has 2 rings (SSSR count). The van der Waals surface area contributed by atoms with Crippen molar-refractivity contribution in [3.05, 3.63) is 28.0 Å². The summed E-state index contributed by atoms with van der Waals surface area (Å²) in [5, 5.41) is 4.35. The highest BCUT2D eigenvalue weighted by atomic mass is 32.1. The van der Waals surface area contributed by atoms with Gasteiger partial charge in [0.1, 0.15) is 16.6 Å². The zero-order valence-corrected chi connectivity index (χ0v) is 11.7. The Morgan fingerprint density at radius 2 is 2.11 bits per heavy atom. The van der Waals surface area contributed by atoms with Crippen LogP contribution in [-0.4, -0.2) is 22.1 Å². The number of aryl methyl sites for hydroxylation is 2. The van der Waals surface area contributed by atoms with Crippen molar-refractivity contribution >= 4 is 17.2 Å². The molecule has 0 amide bonds. The average Bonchev–Trinajstić information content (AvgIpc) is 2.75. The predicted octanol–water partition coefficient (Wildman–Crippen LogP) is 2.73. The third kappa shape index (κ3) is 2.95. The maximum Gasteiger partial charge on any atom is 0.218 e. The fraction of sp³-hybridized carbons (Fsp3) is 0.417. The van der Waals surface area contributed by atoms with Crippen molar-refractivity contribution in [1.82, 2.24) is 15.0 Å². The van der Waals surface area contributed by atoms with E-state index in [4.69, 9.17) is 4.74 Å². The third-order valence-electron chi connectivity index (χ3n) is 2.40. The number of aromatic nitrogens is 3. The zero-order valence-electron chi connectivity index (χ0n) is 10.9. The van der Waals surface area contributed by atoms with Crippen molar-refractivity contribution in [2.24, 2.45) is 0 Å². The summed E-state index contributed by atoms with van der Waals surface area (Å²) in [5.41, 5.74) is 0. The van der Waals surface area contributed by atoms with Gasteiger partial charge in [-0.25, -0.2) is 9.97 Å². The third-order valence-corrected chi connectivity index (χ3v) is 3.49. The summed E-state index contributed by atoms with van der Waals surface area (Å²) in [6, 6.07) is 1.90. The van der Waals surface area contributed by atoms with E-state index in [0.717, 1.165) is 10.8 Å². The fourth-order valence-electron chi connectivity index (χ4n) is 1.57. The fourth-order valence-corrected chi connectivity index (χ4v) is 2.35. The van der Waals surface area contributed by atoms with E-state index in [2.05, 4.69) is 27.2 Å². The average molecular weight is 264 g/mol. The van der Waals surface area contributed by atoms with Crippen LogP contribution in [0.4, 0.5) is 5.82 Å². The molecule has 18 heavy (non-hydrogen) atoms. The van der Waals surface area contributed by atoms with Crippen molar-refractivity contribution in [2.75, 3.05) is 12.4 Å². The van der Waals surface area contributed by atoms with E-state index in [9.17, 15) is 0 Å². The minimum atomic E-state index is 0.114. The van der Waals surface area contributed by atoms with Gasteiger partial charge in [-0.3, -0.25) is 0 Å². The van der Waals surface area contributed by atoms with Gasteiger partial charge in [-0.15, -0.1) is 11.3 Å². The van der Waals surface area contributed by atoms with Gasteiger partial charge in [-0.05, 0) is 20.8 Å². The molecule has 96 valence electrons. The monoisotopic (exact) mass is 264 g/mol. The Balaban J connectivity index is 2.16. The van der Waals surface area contributed by atoms with Gasteiger partial charge in [0.05, 0.1) is 13.2 Å². The summed E-state index contributed by atoms with van der Waals surface area (Å²) in [5.74, 6) is 1.99. The van der Waals surface area contributed by atoms with Gasteiger partial charge in [0, 0.05) is 17.1 Å². The number of hydrogen-bond acceptors (Lipinski definition) is 6. The van der Waals surface area contributed by atoms with E-state index in [0.29, 0.717) is 11.7 Å². The Kier molecular flexibility index (Phi) is 3.76. The van der Waals surface area contributed by atoms with Crippen LogP contribution < -0.4 is 10.1 Å². The molecule has 0 aromatic carbocycles. The standard InChI is InChI=1S/C12H16N4OS/c1-7-6-13-12(18-7)8(2)14-10-5-11(17-4)16-9(3)15-10/h5-6,8H,1-4H3,(H,14,15,16). The van der Waals surface area contributed by atoms with Gasteiger partial charge in [0.2, 0.25) is 5.88 Å². The first-order valence-corrected chi connectivity index (χ1v) is 6.48. The van der Waals surface area contributed by atoms with Crippen molar-refractivity contribution in [1.29, 1.82) is 0 Å².